The van der Waals surface area contributed by atoms with Crippen molar-refractivity contribution in [2.75, 3.05) is 18.6 Å². The number of nitrogens with one attached hydrogen (secondary N) is 1. The van der Waals surface area contributed by atoms with Crippen molar-refractivity contribution in [3.8, 4) is 0 Å². The molecule has 0 radical (unpaired) electrons. The van der Waals surface area contributed by atoms with Crippen molar-refractivity contribution in [2.24, 2.45) is 0 Å². The van der Waals surface area contributed by atoms with Crippen molar-refractivity contribution in [1.29, 1.82) is 0 Å². The van der Waals surface area contributed by atoms with E-state index in [1.165, 1.54) is 6.08 Å². The van der Waals surface area contributed by atoms with E-state index in [2.05, 4.69) is 5.32 Å². The molecule has 1 aromatic rings. The second-order valence-corrected chi connectivity index (χ2v) is 5.33. The van der Waals surface area contributed by atoms with Crippen LogP contribution in [0.5, 0.6) is 0 Å². The van der Waals surface area contributed by atoms with E-state index < -0.39 is 5.97 Å². The van der Waals surface area contributed by atoms with Crippen LogP contribution in [0.15, 0.2) is 24.3 Å². The van der Waals surface area contributed by atoms with Gasteiger partial charge in [0, 0.05) is 18.2 Å². The van der Waals surface area contributed by atoms with E-state index in [1.807, 2.05) is 19.2 Å². The van der Waals surface area contributed by atoms with Crippen LogP contribution in [0.4, 0.5) is 0 Å². The average molecular weight is 293 g/mol. The van der Waals surface area contributed by atoms with Crippen molar-refractivity contribution >= 4 is 29.7 Å². The van der Waals surface area contributed by atoms with Crippen LogP contribution in [-0.2, 0) is 4.79 Å². The van der Waals surface area contributed by atoms with Gasteiger partial charge in [-0.1, -0.05) is 12.1 Å². The first kappa shape index (κ1) is 16.3. The largest absolute Gasteiger partial charge is 0.478 e. The van der Waals surface area contributed by atoms with E-state index in [9.17, 15) is 9.59 Å². The van der Waals surface area contributed by atoms with Gasteiger partial charge in [-0.05, 0) is 48.6 Å². The quantitative estimate of drug-likeness (QED) is 0.599. The molecule has 1 aromatic carbocycles. The summed E-state index contributed by atoms with van der Waals surface area (Å²) >= 11 is 1.75. The molecule has 0 fully saturated rings. The third kappa shape index (κ3) is 5.48. The zero-order chi connectivity index (χ0) is 15.0. The summed E-state index contributed by atoms with van der Waals surface area (Å²) in [5.74, 6) is -0.108. The highest BCUT2D eigenvalue weighted by molar-refractivity contribution is 7.98. The third-order valence-corrected chi connectivity index (χ3v) is 3.43. The van der Waals surface area contributed by atoms with Gasteiger partial charge in [-0.25, -0.2) is 4.79 Å². The first-order chi connectivity index (χ1) is 9.54. The average Bonchev–Trinajstić information content (AvgIpc) is 2.42. The number of rotatable bonds is 7. The Labute approximate surface area is 123 Å². The maximum Gasteiger partial charge on any atom is 0.328 e. The van der Waals surface area contributed by atoms with Gasteiger partial charge in [0.25, 0.3) is 5.91 Å². The predicted molar refractivity (Wildman–Crippen MR) is 83.2 cm³/mol. The Bertz CT molecular complexity index is 512. The first-order valence-corrected chi connectivity index (χ1v) is 7.72. The Morgan fingerprint density at radius 3 is 2.80 bits per heavy atom. The smallest absolute Gasteiger partial charge is 0.328 e. The lowest BCUT2D eigenvalue weighted by molar-refractivity contribution is -0.131. The molecule has 1 rings (SSSR count). The molecular formula is C15H19NO3S. The van der Waals surface area contributed by atoms with Crippen molar-refractivity contribution in [1.82, 2.24) is 5.32 Å². The highest BCUT2D eigenvalue weighted by Crippen LogP contribution is 2.12. The number of amides is 1. The van der Waals surface area contributed by atoms with Gasteiger partial charge in [0.05, 0.1) is 0 Å². The molecular weight excluding hydrogens is 274 g/mol. The number of carbonyl (C=O) groups excluding carboxylic acids is 1. The summed E-state index contributed by atoms with van der Waals surface area (Å²) in [6.45, 7) is 2.51. The third-order valence-electron chi connectivity index (χ3n) is 2.74. The number of aryl methyl sites for hydroxylation is 1. The Morgan fingerprint density at radius 1 is 1.40 bits per heavy atom. The van der Waals surface area contributed by atoms with Crippen molar-refractivity contribution < 1.29 is 14.7 Å². The molecule has 0 spiro atoms. The Morgan fingerprint density at radius 2 is 2.15 bits per heavy atom. The molecule has 0 saturated carbocycles. The molecule has 0 aliphatic carbocycles. The van der Waals surface area contributed by atoms with E-state index in [4.69, 9.17) is 5.11 Å². The molecule has 2 N–H and O–H groups in total. The lowest BCUT2D eigenvalue weighted by atomic mass is 10.0. The predicted octanol–water partition coefficient (Wildman–Crippen LogP) is 2.58. The second-order valence-electron chi connectivity index (χ2n) is 4.35. The van der Waals surface area contributed by atoms with E-state index in [1.54, 1.807) is 23.9 Å². The van der Waals surface area contributed by atoms with Gasteiger partial charge < -0.3 is 10.4 Å². The van der Waals surface area contributed by atoms with Gasteiger partial charge in [-0.3, -0.25) is 4.79 Å². The summed E-state index contributed by atoms with van der Waals surface area (Å²) in [6, 6.07) is 5.32. The Kier molecular flexibility index (Phi) is 6.87. The van der Waals surface area contributed by atoms with Crippen LogP contribution >= 0.6 is 11.8 Å². The van der Waals surface area contributed by atoms with E-state index >= 15 is 0 Å². The molecule has 0 unspecified atom stereocenters. The second kappa shape index (κ2) is 8.43. The minimum Gasteiger partial charge on any atom is -0.478 e. The highest BCUT2D eigenvalue weighted by Gasteiger charge is 2.08. The van der Waals surface area contributed by atoms with Gasteiger partial charge in [-0.2, -0.15) is 11.8 Å². The monoisotopic (exact) mass is 293 g/mol. The lowest BCUT2D eigenvalue weighted by Crippen LogP contribution is -2.25. The molecule has 0 aliphatic heterocycles. The standard InChI is InChI=1S/C15H19NO3S/c1-11-4-5-12(6-7-14(17)18)10-13(11)15(19)16-8-3-9-20-2/h4-7,10H,3,8-9H2,1-2H3,(H,16,19)(H,17,18). The number of hydrogen-bond donors (Lipinski definition) is 2. The fourth-order valence-corrected chi connectivity index (χ4v) is 2.10. The van der Waals surface area contributed by atoms with Crippen molar-refractivity contribution in [2.45, 2.75) is 13.3 Å². The number of carboxylic acid groups (broad SMARTS) is 1. The number of aliphatic carboxylic acids is 1. The fourth-order valence-electron chi connectivity index (χ4n) is 1.67. The van der Waals surface area contributed by atoms with E-state index in [0.29, 0.717) is 17.7 Å². The molecule has 0 atom stereocenters. The van der Waals surface area contributed by atoms with Gasteiger partial charge in [0.15, 0.2) is 0 Å². The minimum absolute atomic E-state index is 0.117. The zero-order valence-corrected chi connectivity index (χ0v) is 12.5. The number of hydrogen-bond acceptors (Lipinski definition) is 3. The molecule has 0 aliphatic rings. The Hall–Kier alpha value is -1.75. The number of carbonyl (C=O) groups is 2. The molecule has 20 heavy (non-hydrogen) atoms. The summed E-state index contributed by atoms with van der Waals surface area (Å²) in [5.41, 5.74) is 2.16. The molecule has 0 bridgehead atoms. The first-order valence-electron chi connectivity index (χ1n) is 6.33. The van der Waals surface area contributed by atoms with Crippen LogP contribution in [-0.4, -0.2) is 35.5 Å². The van der Waals surface area contributed by atoms with Gasteiger partial charge in [-0.15, -0.1) is 0 Å². The van der Waals surface area contributed by atoms with Crippen molar-refractivity contribution in [3.63, 3.8) is 0 Å². The van der Waals surface area contributed by atoms with Crippen LogP contribution in [0.3, 0.4) is 0 Å². The molecule has 5 heteroatoms. The van der Waals surface area contributed by atoms with Crippen LogP contribution in [0.2, 0.25) is 0 Å². The molecule has 1 amide bonds. The van der Waals surface area contributed by atoms with Crippen LogP contribution in [0.25, 0.3) is 6.08 Å². The normalized spacial score (nSPS) is 10.7. The van der Waals surface area contributed by atoms with E-state index in [0.717, 1.165) is 23.8 Å². The van der Waals surface area contributed by atoms with Crippen LogP contribution in [0, 0.1) is 6.92 Å². The van der Waals surface area contributed by atoms with E-state index in [-0.39, 0.29) is 5.91 Å². The molecule has 0 heterocycles. The summed E-state index contributed by atoms with van der Waals surface area (Å²) in [6.07, 6.45) is 5.51. The van der Waals surface area contributed by atoms with Crippen LogP contribution < -0.4 is 5.32 Å². The maximum atomic E-state index is 12.1. The number of carboxylic acids is 1. The molecule has 0 saturated heterocycles. The van der Waals surface area contributed by atoms with Gasteiger partial charge >= 0.3 is 5.97 Å². The molecule has 0 aromatic heterocycles. The number of benzene rings is 1. The zero-order valence-electron chi connectivity index (χ0n) is 11.7. The summed E-state index contributed by atoms with van der Waals surface area (Å²) in [7, 11) is 0. The van der Waals surface area contributed by atoms with Gasteiger partial charge in [0.1, 0.15) is 0 Å². The topological polar surface area (TPSA) is 66.4 Å². The summed E-state index contributed by atoms with van der Waals surface area (Å²) in [5, 5.41) is 11.5. The highest BCUT2D eigenvalue weighted by atomic mass is 32.2. The van der Waals surface area contributed by atoms with Gasteiger partial charge in [0.2, 0.25) is 0 Å². The van der Waals surface area contributed by atoms with Crippen LogP contribution in [0.1, 0.15) is 27.9 Å². The summed E-state index contributed by atoms with van der Waals surface area (Å²) < 4.78 is 0. The fraction of sp³-hybridized carbons (Fsp3) is 0.333. The molecule has 108 valence electrons. The Balaban J connectivity index is 2.75. The number of thioether (sulfide) groups is 1. The maximum absolute atomic E-state index is 12.1. The summed E-state index contributed by atoms with van der Waals surface area (Å²) in [4.78, 5) is 22.6. The molecule has 4 nitrogen and oxygen atoms in total. The minimum atomic E-state index is -1.01. The lowest BCUT2D eigenvalue weighted by Gasteiger charge is -2.08. The van der Waals surface area contributed by atoms with Crippen molar-refractivity contribution in [3.05, 3.63) is 41.0 Å². The SMILES string of the molecule is CSCCCNC(=O)c1cc(C=CC(=O)O)ccc1C.